The maximum Gasteiger partial charge on any atom is 0.200 e. The molecule has 2 unspecified atom stereocenters. The van der Waals surface area contributed by atoms with E-state index >= 15 is 0 Å². The van der Waals surface area contributed by atoms with Gasteiger partial charge in [0.2, 0.25) is 7.37 Å². The zero-order valence-corrected chi connectivity index (χ0v) is 8.27. The number of alkyl halides is 1. The standard InChI is InChI=1S/C7H17FNO2P/c1-2-3-5-12(10,11)6-4-7(8)9/h7H,2-6,9H2,1H3,(H,10,11). The van der Waals surface area contributed by atoms with E-state index in [4.69, 9.17) is 5.73 Å². The minimum absolute atomic E-state index is 0.00463. The van der Waals surface area contributed by atoms with E-state index in [9.17, 15) is 13.8 Å². The average Bonchev–Trinajstić information content (AvgIpc) is 1.98. The Balaban J connectivity index is 3.64. The van der Waals surface area contributed by atoms with Crippen molar-refractivity contribution >= 4 is 7.37 Å². The molecule has 0 heterocycles. The van der Waals surface area contributed by atoms with E-state index in [1.165, 1.54) is 0 Å². The Hall–Kier alpha value is 0.0800. The van der Waals surface area contributed by atoms with Gasteiger partial charge in [-0.15, -0.1) is 0 Å². The van der Waals surface area contributed by atoms with Crippen LogP contribution in [-0.4, -0.2) is 23.5 Å². The second kappa shape index (κ2) is 5.68. The third kappa shape index (κ3) is 6.77. The van der Waals surface area contributed by atoms with Gasteiger partial charge in [0.05, 0.1) is 0 Å². The first-order valence-corrected chi connectivity index (χ1v) is 6.21. The van der Waals surface area contributed by atoms with E-state index in [-0.39, 0.29) is 18.7 Å². The summed E-state index contributed by atoms with van der Waals surface area (Å²) in [6.45, 7) is 1.95. The van der Waals surface area contributed by atoms with Crippen LogP contribution in [-0.2, 0) is 4.57 Å². The van der Waals surface area contributed by atoms with Crippen LogP contribution in [0.5, 0.6) is 0 Å². The van der Waals surface area contributed by atoms with Gasteiger partial charge in [-0.2, -0.15) is 0 Å². The molecule has 74 valence electrons. The summed E-state index contributed by atoms with van der Waals surface area (Å²) < 4.78 is 23.3. The summed E-state index contributed by atoms with van der Waals surface area (Å²) in [7, 11) is -3.08. The Morgan fingerprint density at radius 2 is 2.17 bits per heavy atom. The van der Waals surface area contributed by atoms with Crippen molar-refractivity contribution in [3.63, 3.8) is 0 Å². The number of hydrogen-bond acceptors (Lipinski definition) is 2. The molecule has 0 fully saturated rings. The molecule has 0 amide bonds. The zero-order valence-electron chi connectivity index (χ0n) is 7.37. The Labute approximate surface area is 72.6 Å². The first kappa shape index (κ1) is 12.1. The number of unbranched alkanes of at least 4 members (excludes halogenated alkanes) is 1. The Morgan fingerprint density at radius 3 is 2.58 bits per heavy atom. The molecule has 3 nitrogen and oxygen atoms in total. The van der Waals surface area contributed by atoms with Crippen molar-refractivity contribution in [2.75, 3.05) is 12.3 Å². The third-order valence-corrected chi connectivity index (χ3v) is 3.59. The predicted octanol–water partition coefficient (Wildman–Crippen LogP) is 1.70. The first-order chi connectivity index (χ1) is 5.48. The smallest absolute Gasteiger partial charge is 0.200 e. The molecule has 2 atom stereocenters. The minimum atomic E-state index is -3.08. The van der Waals surface area contributed by atoms with Gasteiger partial charge in [-0.1, -0.05) is 13.3 Å². The van der Waals surface area contributed by atoms with Gasteiger partial charge < -0.3 is 10.6 Å². The third-order valence-electron chi connectivity index (χ3n) is 1.62. The highest BCUT2D eigenvalue weighted by Crippen LogP contribution is 2.42. The van der Waals surface area contributed by atoms with E-state index < -0.39 is 13.7 Å². The molecule has 12 heavy (non-hydrogen) atoms. The highest BCUT2D eigenvalue weighted by molar-refractivity contribution is 7.57. The topological polar surface area (TPSA) is 63.3 Å². The highest BCUT2D eigenvalue weighted by atomic mass is 31.2. The van der Waals surface area contributed by atoms with Crippen molar-refractivity contribution in [3.8, 4) is 0 Å². The Bertz CT molecular complexity index is 163. The van der Waals surface area contributed by atoms with Crippen LogP contribution in [0.25, 0.3) is 0 Å². The number of rotatable bonds is 6. The summed E-state index contributed by atoms with van der Waals surface area (Å²) >= 11 is 0. The second-order valence-corrected chi connectivity index (χ2v) is 5.54. The maximum atomic E-state index is 12.1. The molecule has 0 radical (unpaired) electrons. The van der Waals surface area contributed by atoms with E-state index in [1.807, 2.05) is 6.92 Å². The molecule has 0 saturated heterocycles. The normalized spacial score (nSPS) is 18.7. The quantitative estimate of drug-likeness (QED) is 0.503. The lowest BCUT2D eigenvalue weighted by Crippen LogP contribution is -2.15. The number of hydrogen-bond donors (Lipinski definition) is 2. The summed E-state index contributed by atoms with van der Waals surface area (Å²) in [5, 5.41) is 0. The van der Waals surface area contributed by atoms with Crippen molar-refractivity contribution in [2.24, 2.45) is 5.73 Å². The van der Waals surface area contributed by atoms with Crippen molar-refractivity contribution in [1.29, 1.82) is 0 Å². The fourth-order valence-corrected chi connectivity index (χ4v) is 2.53. The van der Waals surface area contributed by atoms with Gasteiger partial charge in [0, 0.05) is 18.7 Å². The van der Waals surface area contributed by atoms with Gasteiger partial charge in [-0.3, -0.25) is 4.57 Å². The van der Waals surface area contributed by atoms with Crippen LogP contribution in [0.3, 0.4) is 0 Å². The van der Waals surface area contributed by atoms with Crippen LogP contribution in [0, 0.1) is 0 Å². The zero-order chi connectivity index (χ0) is 9.61. The second-order valence-electron chi connectivity index (χ2n) is 2.95. The van der Waals surface area contributed by atoms with Gasteiger partial charge in [0.25, 0.3) is 0 Å². The van der Waals surface area contributed by atoms with Gasteiger partial charge in [-0.05, 0) is 6.42 Å². The summed E-state index contributed by atoms with van der Waals surface area (Å²) in [5.74, 6) is 0. The molecule has 0 rings (SSSR count). The van der Waals surface area contributed by atoms with E-state index in [0.29, 0.717) is 0 Å². The lowest BCUT2D eigenvalue weighted by Gasteiger charge is -2.10. The fourth-order valence-electron chi connectivity index (χ4n) is 0.842. The van der Waals surface area contributed by atoms with Crippen LogP contribution < -0.4 is 5.73 Å². The molecule has 0 aromatic carbocycles. The van der Waals surface area contributed by atoms with E-state index in [1.54, 1.807) is 0 Å². The summed E-state index contributed by atoms with van der Waals surface area (Å²) in [5.41, 5.74) is 4.83. The summed E-state index contributed by atoms with van der Waals surface area (Å²) in [6, 6.07) is 0. The molecule has 0 spiro atoms. The first-order valence-electron chi connectivity index (χ1n) is 4.18. The van der Waals surface area contributed by atoms with Crippen molar-refractivity contribution in [2.45, 2.75) is 32.5 Å². The maximum absolute atomic E-state index is 12.1. The van der Waals surface area contributed by atoms with Crippen LogP contribution in [0.15, 0.2) is 0 Å². The van der Waals surface area contributed by atoms with Crippen molar-refractivity contribution in [1.82, 2.24) is 0 Å². The lowest BCUT2D eigenvalue weighted by atomic mass is 10.4. The van der Waals surface area contributed by atoms with Gasteiger partial charge in [-0.25, -0.2) is 4.39 Å². The molecule has 0 aliphatic heterocycles. The van der Waals surface area contributed by atoms with Gasteiger partial charge in [0.1, 0.15) is 6.30 Å². The molecular weight excluding hydrogens is 180 g/mol. The van der Waals surface area contributed by atoms with E-state index in [2.05, 4.69) is 0 Å². The number of nitrogens with two attached hydrogens (primary N) is 1. The van der Waals surface area contributed by atoms with Gasteiger partial charge >= 0.3 is 0 Å². The molecule has 0 aromatic heterocycles. The molecule has 0 saturated carbocycles. The molecular formula is C7H17FNO2P. The lowest BCUT2D eigenvalue weighted by molar-refractivity contribution is 0.332. The van der Waals surface area contributed by atoms with E-state index in [0.717, 1.165) is 12.8 Å². The van der Waals surface area contributed by atoms with Crippen LogP contribution >= 0.6 is 7.37 Å². The van der Waals surface area contributed by atoms with Crippen LogP contribution in [0.2, 0.25) is 0 Å². The minimum Gasteiger partial charge on any atom is -0.344 e. The van der Waals surface area contributed by atoms with Crippen LogP contribution in [0.4, 0.5) is 4.39 Å². The Morgan fingerprint density at radius 1 is 1.58 bits per heavy atom. The fraction of sp³-hybridized carbons (Fsp3) is 1.00. The van der Waals surface area contributed by atoms with Crippen molar-refractivity contribution < 1.29 is 13.8 Å². The number of halogens is 1. The average molecular weight is 197 g/mol. The molecule has 5 heteroatoms. The highest BCUT2D eigenvalue weighted by Gasteiger charge is 2.18. The molecule has 0 aromatic rings. The summed E-state index contributed by atoms with van der Waals surface area (Å²) in [4.78, 5) is 9.23. The van der Waals surface area contributed by atoms with Crippen molar-refractivity contribution in [3.05, 3.63) is 0 Å². The predicted molar refractivity (Wildman–Crippen MR) is 48.2 cm³/mol. The molecule has 0 aliphatic carbocycles. The molecule has 0 bridgehead atoms. The SMILES string of the molecule is CCCCP(=O)(O)CCC(N)F. The molecule has 0 aliphatic rings. The van der Waals surface area contributed by atoms with Gasteiger partial charge in [0.15, 0.2) is 0 Å². The Kier molecular flexibility index (Phi) is 5.72. The van der Waals surface area contributed by atoms with Crippen LogP contribution in [0.1, 0.15) is 26.2 Å². The monoisotopic (exact) mass is 197 g/mol. The molecule has 3 N–H and O–H groups in total. The largest absolute Gasteiger partial charge is 0.344 e. The summed E-state index contributed by atoms with van der Waals surface area (Å²) in [6.07, 6.45) is 0.409.